The topological polar surface area (TPSA) is 3.24 Å². The minimum Gasteiger partial charge on any atom is -0.344 e. The normalized spacial score (nSPS) is 13.9. The fourth-order valence-electron chi connectivity index (χ4n) is 4.39. The lowest BCUT2D eigenvalue weighted by molar-refractivity contribution is 1.15. The lowest BCUT2D eigenvalue weighted by atomic mass is 9.84. The number of hydrogen-bond acceptors (Lipinski definition) is 1. The highest BCUT2D eigenvalue weighted by Crippen LogP contribution is 2.42. The molecule has 2 aliphatic carbocycles. The number of nitrogens with zero attached hydrogens (tertiary/aromatic N) is 1. The van der Waals surface area contributed by atoms with Crippen LogP contribution < -0.4 is 4.90 Å². The fraction of sp³-hybridized carbons (Fsp3) is 0.0938. The Morgan fingerprint density at radius 1 is 0.879 bits per heavy atom. The van der Waals surface area contributed by atoms with Gasteiger partial charge >= 0.3 is 0 Å². The molecule has 0 N–H and O–H groups in total. The van der Waals surface area contributed by atoms with Crippen LogP contribution in [0.4, 0.5) is 11.4 Å². The van der Waals surface area contributed by atoms with Gasteiger partial charge in [0.1, 0.15) is 0 Å². The molecule has 5 rings (SSSR count). The van der Waals surface area contributed by atoms with Crippen molar-refractivity contribution in [3.8, 4) is 0 Å². The molecule has 0 atom stereocenters. The van der Waals surface area contributed by atoms with E-state index in [1.54, 1.807) is 0 Å². The maximum absolute atomic E-state index is 3.40. The average Bonchev–Trinajstić information content (AvgIpc) is 3.37. The molecule has 3 aromatic rings. The third-order valence-corrected chi connectivity index (χ3v) is 6.17. The summed E-state index contributed by atoms with van der Waals surface area (Å²) in [6.45, 7) is 2.04. The molecule has 0 aromatic heterocycles. The van der Waals surface area contributed by atoms with Gasteiger partial charge in [0, 0.05) is 23.9 Å². The lowest BCUT2D eigenvalue weighted by Gasteiger charge is -2.28. The third-order valence-electron chi connectivity index (χ3n) is 6.17. The Hall–Kier alpha value is -4.06. The van der Waals surface area contributed by atoms with Crippen molar-refractivity contribution in [3.05, 3.63) is 143 Å². The first-order valence-electron chi connectivity index (χ1n) is 11.4. The van der Waals surface area contributed by atoms with Gasteiger partial charge in [-0.2, -0.15) is 0 Å². The van der Waals surface area contributed by atoms with Crippen LogP contribution in [0, 0.1) is 0 Å². The zero-order chi connectivity index (χ0) is 22.6. The molecule has 0 bridgehead atoms. The molecule has 3 aromatic carbocycles. The highest BCUT2D eigenvalue weighted by molar-refractivity contribution is 6.03. The van der Waals surface area contributed by atoms with E-state index in [1.165, 1.54) is 44.8 Å². The van der Waals surface area contributed by atoms with E-state index in [2.05, 4.69) is 121 Å². The Bertz CT molecular complexity index is 1370. The monoisotopic (exact) mass is 425 g/mol. The van der Waals surface area contributed by atoms with Crippen molar-refractivity contribution < 1.29 is 0 Å². The third kappa shape index (κ3) is 4.32. The van der Waals surface area contributed by atoms with Gasteiger partial charge in [-0.25, -0.2) is 0 Å². The van der Waals surface area contributed by atoms with Gasteiger partial charge < -0.3 is 4.90 Å². The summed E-state index contributed by atoms with van der Waals surface area (Å²) in [6, 6.07) is 24.1. The molecule has 0 spiro atoms. The predicted octanol–water partition coefficient (Wildman–Crippen LogP) is 8.14. The molecular weight excluding hydrogens is 398 g/mol. The Morgan fingerprint density at radius 2 is 1.73 bits per heavy atom. The molecule has 0 saturated carbocycles. The van der Waals surface area contributed by atoms with Crippen LogP contribution in [0.1, 0.15) is 34.7 Å². The van der Waals surface area contributed by atoms with Crippen molar-refractivity contribution in [1.82, 2.24) is 0 Å². The Labute approximate surface area is 196 Å². The average molecular weight is 426 g/mol. The van der Waals surface area contributed by atoms with E-state index in [4.69, 9.17) is 0 Å². The molecule has 1 heteroatoms. The molecular formula is C32H27N. The summed E-state index contributed by atoms with van der Waals surface area (Å²) in [4.78, 5) is 2.30. The molecule has 2 aliphatic rings. The predicted molar refractivity (Wildman–Crippen MR) is 143 cm³/mol. The molecule has 0 saturated heterocycles. The number of anilines is 2. The Balaban J connectivity index is 1.51. The highest BCUT2D eigenvalue weighted by Gasteiger charge is 2.21. The lowest BCUT2D eigenvalue weighted by Crippen LogP contribution is -2.14. The first kappa shape index (κ1) is 20.8. The van der Waals surface area contributed by atoms with E-state index >= 15 is 0 Å². The molecule has 33 heavy (non-hydrogen) atoms. The first-order chi connectivity index (χ1) is 16.2. The molecule has 0 amide bonds. The van der Waals surface area contributed by atoms with Crippen molar-refractivity contribution in [2.75, 3.05) is 11.9 Å². The Kier molecular flexibility index (Phi) is 5.81. The highest BCUT2D eigenvalue weighted by atomic mass is 15.1. The minimum absolute atomic E-state index is 0.929. The van der Waals surface area contributed by atoms with Gasteiger partial charge in [0.15, 0.2) is 0 Å². The quantitative estimate of drug-likeness (QED) is 0.273. The zero-order valence-corrected chi connectivity index (χ0v) is 19.1. The molecule has 1 nitrogen and oxygen atoms in total. The summed E-state index contributed by atoms with van der Waals surface area (Å²) in [7, 11) is 2.16. The second-order valence-electron chi connectivity index (χ2n) is 8.42. The molecule has 0 unspecified atom stereocenters. The van der Waals surface area contributed by atoms with Gasteiger partial charge in [0.2, 0.25) is 0 Å². The van der Waals surface area contributed by atoms with Gasteiger partial charge in [-0.15, -0.1) is 5.73 Å². The van der Waals surface area contributed by atoms with Gasteiger partial charge in [-0.1, -0.05) is 72.8 Å². The summed E-state index contributed by atoms with van der Waals surface area (Å²) in [5, 5.41) is 0. The standard InChI is InChI=1S/C32H27N/c1-3-4-6-17-27-21-28-22-31(26-15-9-10-16-26)32(23-30(27)28)33(2)29-18-11-14-25(20-29)19-24-12-7-5-8-13-24/h3-15,17-18,20-23H,19H2,1-2H3/b4-3-,17-6-. The van der Waals surface area contributed by atoms with E-state index < -0.39 is 0 Å². The zero-order valence-electron chi connectivity index (χ0n) is 19.1. The summed E-state index contributed by atoms with van der Waals surface area (Å²) in [5.41, 5.74) is 14.6. The van der Waals surface area contributed by atoms with Crippen LogP contribution in [0.3, 0.4) is 0 Å². The summed E-state index contributed by atoms with van der Waals surface area (Å²) in [6.07, 6.45) is 17.8. The maximum atomic E-state index is 3.40. The van der Waals surface area contributed by atoms with E-state index in [-0.39, 0.29) is 0 Å². The van der Waals surface area contributed by atoms with Crippen LogP contribution in [0.15, 0.2) is 115 Å². The van der Waals surface area contributed by atoms with E-state index in [0.717, 1.165) is 12.0 Å². The van der Waals surface area contributed by atoms with Crippen molar-refractivity contribution >= 4 is 28.6 Å². The maximum Gasteiger partial charge on any atom is 0.0500 e. The van der Waals surface area contributed by atoms with Gasteiger partial charge in [-0.05, 0) is 83.7 Å². The van der Waals surface area contributed by atoms with E-state index in [9.17, 15) is 0 Å². The van der Waals surface area contributed by atoms with Crippen LogP contribution in [0.2, 0.25) is 0 Å². The van der Waals surface area contributed by atoms with E-state index in [1.807, 2.05) is 19.1 Å². The summed E-state index contributed by atoms with van der Waals surface area (Å²) < 4.78 is 0. The first-order valence-corrected chi connectivity index (χ1v) is 11.4. The molecule has 0 aliphatic heterocycles. The second-order valence-corrected chi connectivity index (χ2v) is 8.42. The van der Waals surface area contributed by atoms with Crippen LogP contribution in [0.25, 0.3) is 17.2 Å². The van der Waals surface area contributed by atoms with Crippen LogP contribution in [-0.2, 0) is 6.42 Å². The number of rotatable bonds is 7. The van der Waals surface area contributed by atoms with Crippen LogP contribution in [0.5, 0.6) is 0 Å². The Morgan fingerprint density at radius 3 is 2.52 bits per heavy atom. The van der Waals surface area contributed by atoms with Crippen molar-refractivity contribution in [2.45, 2.75) is 13.3 Å². The largest absolute Gasteiger partial charge is 0.344 e. The van der Waals surface area contributed by atoms with Crippen molar-refractivity contribution in [3.63, 3.8) is 0 Å². The van der Waals surface area contributed by atoms with Gasteiger partial charge in [0.25, 0.3) is 0 Å². The number of allylic oxidation sites excluding steroid dienone is 8. The smallest absolute Gasteiger partial charge is 0.0500 e. The molecule has 0 radical (unpaired) electrons. The number of benzene rings is 3. The van der Waals surface area contributed by atoms with Crippen LogP contribution >= 0.6 is 0 Å². The van der Waals surface area contributed by atoms with Crippen LogP contribution in [-0.4, -0.2) is 7.05 Å². The van der Waals surface area contributed by atoms with Gasteiger partial charge in [-0.3, -0.25) is 0 Å². The minimum atomic E-state index is 0.929. The van der Waals surface area contributed by atoms with E-state index in [0.29, 0.717) is 0 Å². The van der Waals surface area contributed by atoms with Gasteiger partial charge in [0.05, 0.1) is 5.69 Å². The summed E-state index contributed by atoms with van der Waals surface area (Å²) >= 11 is 0. The molecule has 0 heterocycles. The summed E-state index contributed by atoms with van der Waals surface area (Å²) in [5.74, 6) is 0. The SMILES string of the molecule is C/C=C\C=C/C1=Cc2cc(C3=C=CC=C3)c(N(C)c3cccc(Cc4ccccc4)c3)cc21. The molecule has 0 fully saturated rings. The number of fused-ring (bicyclic) bond motifs is 1. The molecule has 160 valence electrons. The van der Waals surface area contributed by atoms with Crippen molar-refractivity contribution in [1.29, 1.82) is 0 Å². The number of hydrogen-bond donors (Lipinski definition) is 0. The second kappa shape index (κ2) is 9.20. The van der Waals surface area contributed by atoms with Crippen molar-refractivity contribution in [2.24, 2.45) is 0 Å². The fourth-order valence-corrected chi connectivity index (χ4v) is 4.39.